The summed E-state index contributed by atoms with van der Waals surface area (Å²) in [6, 6.07) is 15.7. The first kappa shape index (κ1) is 17.9. The Hall–Kier alpha value is -3.54. The van der Waals surface area contributed by atoms with Gasteiger partial charge in [0, 0.05) is 25.2 Å². The van der Waals surface area contributed by atoms with Gasteiger partial charge in [-0.15, -0.1) is 0 Å². The van der Waals surface area contributed by atoms with Crippen LogP contribution in [0.3, 0.4) is 0 Å². The average Bonchev–Trinajstić information content (AvgIpc) is 2.71. The van der Waals surface area contributed by atoms with E-state index in [0.717, 1.165) is 26.8 Å². The Morgan fingerprint density at radius 2 is 1.25 bits per heavy atom. The van der Waals surface area contributed by atoms with Gasteiger partial charge in [-0.2, -0.15) is 0 Å². The van der Waals surface area contributed by atoms with Crippen LogP contribution in [-0.2, 0) is 14.1 Å². The Kier molecular flexibility index (Phi) is 4.19. The van der Waals surface area contributed by atoms with E-state index in [1.54, 1.807) is 7.05 Å². The normalized spacial score (nSPS) is 11.1. The third-order valence-electron chi connectivity index (χ3n) is 4.93. The second-order valence-corrected chi connectivity index (χ2v) is 7.03. The van der Waals surface area contributed by atoms with Crippen molar-refractivity contribution >= 4 is 11.0 Å². The molecule has 0 N–H and O–H groups in total. The lowest BCUT2D eigenvalue weighted by Crippen LogP contribution is -2.37. The lowest BCUT2D eigenvalue weighted by molar-refractivity contribution is 0.707. The van der Waals surface area contributed by atoms with Crippen molar-refractivity contribution in [3.05, 3.63) is 80.5 Å². The summed E-state index contributed by atoms with van der Waals surface area (Å²) >= 11 is 0. The molecule has 6 heteroatoms. The second kappa shape index (κ2) is 6.56. The fraction of sp³-hybridized carbons (Fsp3) is 0.182. The zero-order chi connectivity index (χ0) is 20.0. The number of nitrogens with zero attached hydrogens (tertiary/aromatic N) is 4. The molecule has 0 saturated heterocycles. The van der Waals surface area contributed by atoms with Crippen molar-refractivity contribution in [1.82, 2.24) is 19.1 Å². The molecular formula is C22H20N4O2. The first-order valence-electron chi connectivity index (χ1n) is 8.98. The molecule has 0 saturated carbocycles. The van der Waals surface area contributed by atoms with Gasteiger partial charge >= 0.3 is 5.69 Å². The SMILES string of the molecule is Cc1ccc(-c2nc(-c3ccc(C)cc3)c3c(=O)n(C)c(=O)n(C)c3n2)cc1. The minimum atomic E-state index is -0.416. The van der Waals surface area contributed by atoms with E-state index < -0.39 is 11.2 Å². The highest BCUT2D eigenvalue weighted by atomic mass is 16.2. The van der Waals surface area contributed by atoms with Crippen molar-refractivity contribution < 1.29 is 0 Å². The van der Waals surface area contributed by atoms with Crippen LogP contribution < -0.4 is 11.2 Å². The van der Waals surface area contributed by atoms with E-state index in [2.05, 4.69) is 4.98 Å². The van der Waals surface area contributed by atoms with Crippen LogP contribution >= 0.6 is 0 Å². The number of fused-ring (bicyclic) bond motifs is 1. The fourth-order valence-electron chi connectivity index (χ4n) is 3.21. The van der Waals surface area contributed by atoms with Gasteiger partial charge in [0.15, 0.2) is 11.5 Å². The van der Waals surface area contributed by atoms with Crippen LogP contribution in [0.2, 0.25) is 0 Å². The lowest BCUT2D eigenvalue weighted by Gasteiger charge is -2.12. The maximum Gasteiger partial charge on any atom is 0.332 e. The topological polar surface area (TPSA) is 69.8 Å². The average molecular weight is 372 g/mol. The van der Waals surface area contributed by atoms with E-state index in [9.17, 15) is 9.59 Å². The number of benzene rings is 2. The minimum absolute atomic E-state index is 0.328. The van der Waals surface area contributed by atoms with Crippen LogP contribution in [0.25, 0.3) is 33.7 Å². The molecule has 0 aliphatic rings. The van der Waals surface area contributed by atoms with Crippen molar-refractivity contribution in [3.63, 3.8) is 0 Å². The van der Waals surface area contributed by atoms with Gasteiger partial charge in [-0.3, -0.25) is 13.9 Å². The Morgan fingerprint density at radius 1 is 0.714 bits per heavy atom. The number of aryl methyl sites for hydroxylation is 3. The molecule has 2 heterocycles. The minimum Gasteiger partial charge on any atom is -0.280 e. The molecule has 4 rings (SSSR count). The molecule has 6 nitrogen and oxygen atoms in total. The van der Waals surface area contributed by atoms with Crippen LogP contribution in [0.15, 0.2) is 58.1 Å². The molecule has 0 bridgehead atoms. The molecule has 0 fully saturated rings. The fourth-order valence-corrected chi connectivity index (χ4v) is 3.21. The molecule has 0 aliphatic carbocycles. The molecule has 0 aliphatic heterocycles. The third kappa shape index (κ3) is 2.83. The predicted molar refractivity (Wildman–Crippen MR) is 110 cm³/mol. The zero-order valence-corrected chi connectivity index (χ0v) is 16.2. The second-order valence-electron chi connectivity index (χ2n) is 7.03. The summed E-state index contributed by atoms with van der Waals surface area (Å²) in [5.41, 5.74) is 3.91. The van der Waals surface area contributed by atoms with Gasteiger partial charge in [0.05, 0.1) is 5.69 Å². The van der Waals surface area contributed by atoms with Crippen molar-refractivity contribution in [3.8, 4) is 22.6 Å². The summed E-state index contributed by atoms with van der Waals surface area (Å²) in [7, 11) is 3.09. The Labute approximate surface area is 161 Å². The molecule has 4 aromatic rings. The first-order chi connectivity index (χ1) is 13.4. The summed E-state index contributed by atoms with van der Waals surface area (Å²) in [5.74, 6) is 0.478. The molecule has 0 unspecified atom stereocenters. The monoisotopic (exact) mass is 372 g/mol. The zero-order valence-electron chi connectivity index (χ0n) is 16.2. The van der Waals surface area contributed by atoms with E-state index >= 15 is 0 Å². The van der Waals surface area contributed by atoms with E-state index in [4.69, 9.17) is 4.98 Å². The van der Waals surface area contributed by atoms with E-state index in [1.165, 1.54) is 11.6 Å². The highest BCUT2D eigenvalue weighted by molar-refractivity contribution is 5.91. The number of hydrogen-bond donors (Lipinski definition) is 0. The standard InChI is InChI=1S/C22H20N4O2/c1-13-5-9-15(10-6-13)18-17-20(25(3)22(28)26(4)21(17)27)24-19(23-18)16-11-7-14(2)8-12-16/h5-12H,1-4H3. The van der Waals surface area contributed by atoms with Crippen LogP contribution in [0.4, 0.5) is 0 Å². The van der Waals surface area contributed by atoms with Crippen LogP contribution in [-0.4, -0.2) is 19.1 Å². The predicted octanol–water partition coefficient (Wildman–Crippen LogP) is 2.98. The Morgan fingerprint density at radius 3 is 1.82 bits per heavy atom. The quantitative estimate of drug-likeness (QED) is 0.542. The van der Waals surface area contributed by atoms with Crippen molar-refractivity contribution in [1.29, 1.82) is 0 Å². The van der Waals surface area contributed by atoms with Crippen molar-refractivity contribution in [2.45, 2.75) is 13.8 Å². The summed E-state index contributed by atoms with van der Waals surface area (Å²) in [6.45, 7) is 4.01. The molecule has 28 heavy (non-hydrogen) atoms. The maximum absolute atomic E-state index is 12.9. The van der Waals surface area contributed by atoms with Gasteiger partial charge in [-0.1, -0.05) is 59.7 Å². The Bertz CT molecular complexity index is 1310. The van der Waals surface area contributed by atoms with Crippen LogP contribution in [0.5, 0.6) is 0 Å². The van der Waals surface area contributed by atoms with Gasteiger partial charge in [0.1, 0.15) is 5.39 Å². The number of aromatic nitrogens is 4. The van der Waals surface area contributed by atoms with Gasteiger partial charge in [0.2, 0.25) is 0 Å². The smallest absolute Gasteiger partial charge is 0.280 e. The molecule has 0 amide bonds. The van der Waals surface area contributed by atoms with Crippen molar-refractivity contribution in [2.24, 2.45) is 14.1 Å². The van der Waals surface area contributed by atoms with Crippen LogP contribution in [0.1, 0.15) is 11.1 Å². The van der Waals surface area contributed by atoms with Crippen LogP contribution in [0, 0.1) is 13.8 Å². The van der Waals surface area contributed by atoms with Gasteiger partial charge in [-0.05, 0) is 13.8 Å². The number of hydrogen-bond acceptors (Lipinski definition) is 4. The number of rotatable bonds is 2. The van der Waals surface area contributed by atoms with E-state index in [1.807, 2.05) is 62.4 Å². The highest BCUT2D eigenvalue weighted by Crippen LogP contribution is 2.27. The Balaban J connectivity index is 2.15. The third-order valence-corrected chi connectivity index (χ3v) is 4.93. The highest BCUT2D eigenvalue weighted by Gasteiger charge is 2.18. The lowest BCUT2D eigenvalue weighted by atomic mass is 10.1. The molecule has 2 aromatic heterocycles. The molecule has 140 valence electrons. The summed E-state index contributed by atoms with van der Waals surface area (Å²) < 4.78 is 2.49. The van der Waals surface area contributed by atoms with Gasteiger partial charge in [0.25, 0.3) is 5.56 Å². The molecule has 0 radical (unpaired) electrons. The summed E-state index contributed by atoms with van der Waals surface area (Å²) in [6.07, 6.45) is 0. The van der Waals surface area contributed by atoms with E-state index in [-0.39, 0.29) is 0 Å². The van der Waals surface area contributed by atoms with Crippen molar-refractivity contribution in [2.75, 3.05) is 0 Å². The largest absolute Gasteiger partial charge is 0.332 e. The van der Waals surface area contributed by atoms with Gasteiger partial charge in [-0.25, -0.2) is 14.8 Å². The van der Waals surface area contributed by atoms with Gasteiger partial charge < -0.3 is 0 Å². The first-order valence-corrected chi connectivity index (χ1v) is 8.98. The molecule has 2 aromatic carbocycles. The van der Waals surface area contributed by atoms with E-state index in [0.29, 0.717) is 22.6 Å². The molecule has 0 atom stereocenters. The molecular weight excluding hydrogens is 352 g/mol. The summed E-state index contributed by atoms with van der Waals surface area (Å²) in [4.78, 5) is 34.7. The molecule has 0 spiro atoms. The maximum atomic E-state index is 12.9. The summed E-state index contributed by atoms with van der Waals surface area (Å²) in [5, 5.41) is 0.337.